The Morgan fingerprint density at radius 1 is 1.33 bits per heavy atom. The molecule has 0 aliphatic carbocycles. The molecule has 0 bridgehead atoms. The van der Waals surface area contributed by atoms with E-state index < -0.39 is 0 Å². The van der Waals surface area contributed by atoms with Gasteiger partial charge in [-0.2, -0.15) is 0 Å². The molecule has 2 aromatic rings. The number of benzene rings is 1. The summed E-state index contributed by atoms with van der Waals surface area (Å²) in [5, 5.41) is 3.17. The van der Waals surface area contributed by atoms with Gasteiger partial charge in [-0.15, -0.1) is 0 Å². The number of hydrogen-bond acceptors (Lipinski definition) is 3. The summed E-state index contributed by atoms with van der Waals surface area (Å²) in [6.07, 6.45) is 2.48. The summed E-state index contributed by atoms with van der Waals surface area (Å²) < 4.78 is 13.0. The van der Waals surface area contributed by atoms with E-state index in [1.165, 1.54) is 6.07 Å². The zero-order valence-electron chi connectivity index (χ0n) is 10.3. The van der Waals surface area contributed by atoms with E-state index >= 15 is 0 Å². The van der Waals surface area contributed by atoms with E-state index in [2.05, 4.69) is 10.3 Å². The van der Waals surface area contributed by atoms with Crippen molar-refractivity contribution in [3.05, 3.63) is 53.5 Å². The smallest absolute Gasteiger partial charge is 0.127 e. The van der Waals surface area contributed by atoms with Crippen molar-refractivity contribution in [3.8, 4) is 0 Å². The number of pyridine rings is 1. The molecule has 0 saturated heterocycles. The predicted octanol–water partition coefficient (Wildman–Crippen LogP) is 2.77. The molecule has 1 heterocycles. The average Bonchev–Trinajstić information content (AvgIpc) is 2.34. The Kier molecular flexibility index (Phi) is 3.77. The van der Waals surface area contributed by atoms with Gasteiger partial charge < -0.3 is 11.1 Å². The van der Waals surface area contributed by atoms with E-state index in [4.69, 9.17) is 5.73 Å². The molecule has 3 N–H and O–H groups in total. The number of aromatic nitrogens is 1. The van der Waals surface area contributed by atoms with Crippen molar-refractivity contribution < 1.29 is 4.39 Å². The maximum absolute atomic E-state index is 13.0. The summed E-state index contributed by atoms with van der Waals surface area (Å²) in [5.41, 5.74) is 8.44. The van der Waals surface area contributed by atoms with E-state index in [0.29, 0.717) is 6.54 Å². The van der Waals surface area contributed by atoms with Gasteiger partial charge in [0.05, 0.1) is 0 Å². The van der Waals surface area contributed by atoms with E-state index in [0.717, 1.165) is 29.1 Å². The van der Waals surface area contributed by atoms with Crippen molar-refractivity contribution >= 4 is 11.5 Å². The third kappa shape index (κ3) is 3.20. The lowest BCUT2D eigenvalue weighted by atomic mass is 10.1. The van der Waals surface area contributed by atoms with Crippen LogP contribution < -0.4 is 11.1 Å². The minimum absolute atomic E-state index is 0.204. The van der Waals surface area contributed by atoms with Gasteiger partial charge in [0, 0.05) is 24.5 Å². The molecule has 0 amide bonds. The molecule has 1 aromatic carbocycles. The number of hydrogen-bond donors (Lipinski definition) is 2. The first-order valence-electron chi connectivity index (χ1n) is 5.85. The first-order chi connectivity index (χ1) is 8.65. The van der Waals surface area contributed by atoms with Gasteiger partial charge in [-0.25, -0.2) is 9.37 Å². The van der Waals surface area contributed by atoms with Gasteiger partial charge >= 0.3 is 0 Å². The Balaban J connectivity index is 1.90. The monoisotopic (exact) mass is 245 g/mol. The van der Waals surface area contributed by atoms with Crippen molar-refractivity contribution in [2.75, 3.05) is 17.6 Å². The highest BCUT2D eigenvalue weighted by Gasteiger charge is 1.99. The molecule has 18 heavy (non-hydrogen) atoms. The maximum Gasteiger partial charge on any atom is 0.127 e. The summed E-state index contributed by atoms with van der Waals surface area (Å²) in [7, 11) is 0. The van der Waals surface area contributed by atoms with Crippen molar-refractivity contribution in [2.24, 2.45) is 0 Å². The number of nitrogens with one attached hydrogen (secondary N) is 1. The van der Waals surface area contributed by atoms with Gasteiger partial charge in [0.25, 0.3) is 0 Å². The summed E-state index contributed by atoms with van der Waals surface area (Å²) in [4.78, 5) is 4.22. The number of nitrogens with zero attached hydrogens (tertiary/aromatic N) is 1. The Bertz CT molecular complexity index is 540. The SMILES string of the molecule is Cc1cnc(NCCc2cccc(F)c2)cc1N. The van der Waals surface area contributed by atoms with Crippen LogP contribution in [0.1, 0.15) is 11.1 Å². The van der Waals surface area contributed by atoms with Crippen LogP contribution in [0.4, 0.5) is 15.9 Å². The van der Waals surface area contributed by atoms with Crippen molar-refractivity contribution in [1.82, 2.24) is 4.98 Å². The number of nitrogen functional groups attached to an aromatic ring is 1. The largest absolute Gasteiger partial charge is 0.398 e. The highest BCUT2D eigenvalue weighted by atomic mass is 19.1. The molecule has 0 unspecified atom stereocenters. The van der Waals surface area contributed by atoms with Crippen LogP contribution in [0.15, 0.2) is 36.5 Å². The fourth-order valence-corrected chi connectivity index (χ4v) is 1.66. The molecule has 0 spiro atoms. The molecular weight excluding hydrogens is 229 g/mol. The summed E-state index contributed by atoms with van der Waals surface area (Å²) >= 11 is 0. The first kappa shape index (κ1) is 12.4. The van der Waals surface area contributed by atoms with E-state index in [9.17, 15) is 4.39 Å². The zero-order valence-corrected chi connectivity index (χ0v) is 10.3. The standard InChI is InChI=1S/C14H16FN3/c1-10-9-18-14(8-13(10)16)17-6-5-11-3-2-4-12(15)7-11/h2-4,7-9H,5-6H2,1H3,(H3,16,17,18). The van der Waals surface area contributed by atoms with Gasteiger partial charge in [0.1, 0.15) is 11.6 Å². The summed E-state index contributed by atoms with van der Waals surface area (Å²) in [5.74, 6) is 0.541. The molecule has 94 valence electrons. The van der Waals surface area contributed by atoms with Crippen LogP contribution in [-0.4, -0.2) is 11.5 Å². The minimum Gasteiger partial charge on any atom is -0.398 e. The highest BCUT2D eigenvalue weighted by Crippen LogP contribution is 2.13. The molecule has 1 aromatic heterocycles. The van der Waals surface area contributed by atoms with Gasteiger partial charge in [0.2, 0.25) is 0 Å². The second kappa shape index (κ2) is 5.49. The molecule has 0 radical (unpaired) electrons. The van der Waals surface area contributed by atoms with E-state index in [1.807, 2.05) is 13.0 Å². The van der Waals surface area contributed by atoms with Crippen LogP contribution in [-0.2, 0) is 6.42 Å². The molecule has 4 heteroatoms. The van der Waals surface area contributed by atoms with E-state index in [1.54, 1.807) is 24.4 Å². The lowest BCUT2D eigenvalue weighted by Gasteiger charge is -2.07. The Morgan fingerprint density at radius 3 is 2.89 bits per heavy atom. The fourth-order valence-electron chi connectivity index (χ4n) is 1.66. The maximum atomic E-state index is 13.0. The second-order valence-corrected chi connectivity index (χ2v) is 4.23. The van der Waals surface area contributed by atoms with Crippen molar-refractivity contribution in [1.29, 1.82) is 0 Å². The summed E-state index contributed by atoms with van der Waals surface area (Å²) in [6.45, 7) is 2.61. The quantitative estimate of drug-likeness (QED) is 0.870. The molecule has 0 fully saturated rings. The van der Waals surface area contributed by atoms with Gasteiger partial charge in [-0.1, -0.05) is 12.1 Å². The number of anilines is 2. The molecule has 0 atom stereocenters. The third-order valence-corrected chi connectivity index (χ3v) is 2.75. The summed E-state index contributed by atoms with van der Waals surface area (Å²) in [6, 6.07) is 8.41. The topological polar surface area (TPSA) is 50.9 Å². The van der Waals surface area contributed by atoms with Gasteiger partial charge in [0.15, 0.2) is 0 Å². The third-order valence-electron chi connectivity index (χ3n) is 2.75. The van der Waals surface area contributed by atoms with Crippen LogP contribution in [0.25, 0.3) is 0 Å². The van der Waals surface area contributed by atoms with Crippen LogP contribution in [0.3, 0.4) is 0 Å². The van der Waals surface area contributed by atoms with E-state index in [-0.39, 0.29) is 5.82 Å². The molecule has 0 saturated carbocycles. The zero-order chi connectivity index (χ0) is 13.0. The van der Waals surface area contributed by atoms with Crippen molar-refractivity contribution in [2.45, 2.75) is 13.3 Å². The van der Waals surface area contributed by atoms with Gasteiger partial charge in [-0.05, 0) is 36.6 Å². The predicted molar refractivity (Wildman–Crippen MR) is 72.0 cm³/mol. The first-order valence-corrected chi connectivity index (χ1v) is 5.85. The average molecular weight is 245 g/mol. The number of halogens is 1. The van der Waals surface area contributed by atoms with Crippen LogP contribution in [0, 0.1) is 12.7 Å². The molecular formula is C14H16FN3. The lowest BCUT2D eigenvalue weighted by Crippen LogP contribution is -2.07. The van der Waals surface area contributed by atoms with Crippen LogP contribution >= 0.6 is 0 Å². The molecule has 2 rings (SSSR count). The number of aryl methyl sites for hydroxylation is 1. The normalized spacial score (nSPS) is 10.3. The number of rotatable bonds is 4. The van der Waals surface area contributed by atoms with Crippen molar-refractivity contribution in [3.63, 3.8) is 0 Å². The Hall–Kier alpha value is -2.10. The van der Waals surface area contributed by atoms with Crippen LogP contribution in [0.5, 0.6) is 0 Å². The highest BCUT2D eigenvalue weighted by molar-refractivity contribution is 5.53. The number of nitrogens with two attached hydrogens (primary N) is 1. The minimum atomic E-state index is -0.204. The van der Waals surface area contributed by atoms with Gasteiger partial charge in [-0.3, -0.25) is 0 Å². The molecule has 0 aliphatic rings. The Morgan fingerprint density at radius 2 is 2.17 bits per heavy atom. The second-order valence-electron chi connectivity index (χ2n) is 4.23. The fraction of sp³-hybridized carbons (Fsp3) is 0.214. The molecule has 0 aliphatic heterocycles. The Labute approximate surface area is 106 Å². The molecule has 3 nitrogen and oxygen atoms in total. The lowest BCUT2D eigenvalue weighted by molar-refractivity contribution is 0.625. The van der Waals surface area contributed by atoms with Crippen LogP contribution in [0.2, 0.25) is 0 Å².